The van der Waals surface area contributed by atoms with E-state index in [2.05, 4.69) is 6.92 Å². The second-order valence-electron chi connectivity index (χ2n) is 5.21. The molecule has 2 heteroatoms. The minimum atomic E-state index is -0.320. The van der Waals surface area contributed by atoms with Gasteiger partial charge >= 0.3 is 0 Å². The van der Waals surface area contributed by atoms with Crippen molar-refractivity contribution in [1.82, 2.24) is 0 Å². The monoisotopic (exact) mass is 206 g/mol. The van der Waals surface area contributed by atoms with Crippen molar-refractivity contribution in [2.45, 2.75) is 34.6 Å². The molecule has 0 spiro atoms. The van der Waals surface area contributed by atoms with E-state index in [1.807, 2.05) is 51.6 Å². The summed E-state index contributed by atoms with van der Waals surface area (Å²) in [5.41, 5.74) is 2.84. The maximum absolute atomic E-state index is 12.1. The van der Waals surface area contributed by atoms with Gasteiger partial charge in [-0.15, -0.1) is 0 Å². The zero-order chi connectivity index (χ0) is 11.8. The number of rotatable bonds is 1. The topological polar surface area (TPSA) is 20.9 Å². The largest absolute Gasteiger partial charge is 0.287 e. The van der Waals surface area contributed by atoms with Gasteiger partial charge in [0.05, 0.1) is 0 Å². The number of carbonyl (C=O) groups excluding carboxylic acids is 1. The maximum atomic E-state index is 12.1. The fraction of sp³-hybridized carbons (Fsp3) is 0.538. The van der Waals surface area contributed by atoms with Crippen molar-refractivity contribution in [3.05, 3.63) is 29.1 Å². The Hall–Kier alpha value is -1.18. The number of hydrogen-bond acceptors (Lipinski definition) is 1. The van der Waals surface area contributed by atoms with E-state index in [0.717, 1.165) is 5.69 Å². The van der Waals surface area contributed by atoms with Gasteiger partial charge in [0.25, 0.3) is 0 Å². The van der Waals surface area contributed by atoms with Gasteiger partial charge in [-0.25, -0.2) is 0 Å². The first-order valence-corrected chi connectivity index (χ1v) is 5.25. The summed E-state index contributed by atoms with van der Waals surface area (Å²) < 4.78 is 1.91. The van der Waals surface area contributed by atoms with Crippen molar-refractivity contribution in [2.75, 3.05) is 0 Å². The Morgan fingerprint density at radius 2 is 1.73 bits per heavy atom. The highest BCUT2D eigenvalue weighted by molar-refractivity contribution is 5.97. The molecular formula is C13H20NO+. The maximum Gasteiger partial charge on any atom is 0.249 e. The van der Waals surface area contributed by atoms with E-state index in [4.69, 9.17) is 0 Å². The van der Waals surface area contributed by atoms with Crippen LogP contribution in [0.4, 0.5) is 0 Å². The van der Waals surface area contributed by atoms with Gasteiger partial charge in [-0.1, -0.05) is 20.8 Å². The minimum absolute atomic E-state index is 0.188. The molecule has 0 aliphatic carbocycles. The Kier molecular flexibility index (Phi) is 2.98. The second-order valence-corrected chi connectivity index (χ2v) is 5.21. The van der Waals surface area contributed by atoms with E-state index >= 15 is 0 Å². The highest BCUT2D eigenvalue weighted by Gasteiger charge is 2.29. The van der Waals surface area contributed by atoms with Crippen molar-refractivity contribution in [1.29, 1.82) is 0 Å². The number of ketones is 1. The lowest BCUT2D eigenvalue weighted by atomic mass is 9.88. The molecule has 15 heavy (non-hydrogen) atoms. The van der Waals surface area contributed by atoms with E-state index in [1.165, 1.54) is 11.1 Å². The molecule has 1 aromatic rings. The Bertz CT molecular complexity index is 400. The van der Waals surface area contributed by atoms with E-state index in [1.54, 1.807) is 0 Å². The molecular weight excluding hydrogens is 186 g/mol. The van der Waals surface area contributed by atoms with Crippen LogP contribution in [0.1, 0.15) is 42.4 Å². The SMILES string of the molecule is Cc1cc(C(=O)C(C)(C)C)[n+](C)cc1C. The number of hydrogen-bond donors (Lipinski definition) is 0. The summed E-state index contributed by atoms with van der Waals surface area (Å²) in [5, 5.41) is 0. The molecule has 0 unspecified atom stereocenters. The molecule has 0 N–H and O–H groups in total. The third-order valence-corrected chi connectivity index (χ3v) is 2.66. The molecule has 1 aromatic heterocycles. The predicted molar refractivity (Wildman–Crippen MR) is 60.9 cm³/mol. The first-order valence-electron chi connectivity index (χ1n) is 5.25. The Balaban J connectivity index is 3.28. The van der Waals surface area contributed by atoms with Crippen LogP contribution in [0, 0.1) is 19.3 Å². The number of nitrogens with zero attached hydrogens (tertiary/aromatic N) is 1. The van der Waals surface area contributed by atoms with Crippen molar-refractivity contribution in [3.63, 3.8) is 0 Å². The van der Waals surface area contributed by atoms with E-state index in [9.17, 15) is 4.79 Å². The lowest BCUT2D eigenvalue weighted by Crippen LogP contribution is -2.40. The number of aryl methyl sites for hydroxylation is 3. The molecule has 0 saturated heterocycles. The molecule has 0 aliphatic rings. The zero-order valence-corrected chi connectivity index (χ0v) is 10.5. The quantitative estimate of drug-likeness (QED) is 0.510. The van der Waals surface area contributed by atoms with Gasteiger partial charge < -0.3 is 0 Å². The van der Waals surface area contributed by atoms with Gasteiger partial charge in [0.15, 0.2) is 6.20 Å². The molecule has 0 fully saturated rings. The first-order chi connectivity index (χ1) is 6.73. The van der Waals surface area contributed by atoms with Crippen LogP contribution in [-0.2, 0) is 7.05 Å². The van der Waals surface area contributed by atoms with Crippen LogP contribution in [0.15, 0.2) is 12.3 Å². The lowest BCUT2D eigenvalue weighted by Gasteiger charge is -2.15. The van der Waals surface area contributed by atoms with Crippen molar-refractivity contribution in [3.8, 4) is 0 Å². The van der Waals surface area contributed by atoms with Gasteiger partial charge in [-0.05, 0) is 19.4 Å². The molecule has 1 heterocycles. The summed E-state index contributed by atoms with van der Waals surface area (Å²) in [7, 11) is 1.92. The van der Waals surface area contributed by atoms with Crippen LogP contribution in [0.25, 0.3) is 0 Å². The summed E-state index contributed by atoms with van der Waals surface area (Å²) in [6.45, 7) is 9.94. The first kappa shape index (κ1) is 11.9. The average Bonchev–Trinajstić information content (AvgIpc) is 2.08. The third kappa shape index (κ3) is 2.44. The van der Waals surface area contributed by atoms with E-state index < -0.39 is 0 Å². The van der Waals surface area contributed by atoms with Crippen molar-refractivity contribution >= 4 is 5.78 Å². The molecule has 0 saturated carbocycles. The smallest absolute Gasteiger partial charge is 0.249 e. The van der Waals surface area contributed by atoms with Crippen molar-refractivity contribution < 1.29 is 9.36 Å². The van der Waals surface area contributed by atoms with Crippen LogP contribution in [0.3, 0.4) is 0 Å². The fourth-order valence-corrected chi connectivity index (χ4v) is 1.49. The number of aromatic nitrogens is 1. The van der Waals surface area contributed by atoms with Gasteiger partial charge in [0, 0.05) is 17.0 Å². The standard InChI is InChI=1S/C13H20NO/c1-9-7-11(12(15)13(3,4)5)14(6)8-10(9)2/h7-8H,1-6H3/q+1. The summed E-state index contributed by atoms with van der Waals surface area (Å²) in [6, 6.07) is 1.98. The molecule has 0 bridgehead atoms. The Morgan fingerprint density at radius 3 is 2.20 bits per heavy atom. The van der Waals surface area contributed by atoms with Gasteiger partial charge in [0.1, 0.15) is 7.05 Å². The van der Waals surface area contributed by atoms with Crippen LogP contribution in [0.2, 0.25) is 0 Å². The van der Waals surface area contributed by atoms with Crippen LogP contribution in [-0.4, -0.2) is 5.78 Å². The van der Waals surface area contributed by atoms with E-state index in [-0.39, 0.29) is 11.2 Å². The van der Waals surface area contributed by atoms with Crippen LogP contribution in [0.5, 0.6) is 0 Å². The normalized spacial score (nSPS) is 11.6. The summed E-state index contributed by atoms with van der Waals surface area (Å²) in [6.07, 6.45) is 2.01. The zero-order valence-electron chi connectivity index (χ0n) is 10.5. The second kappa shape index (κ2) is 3.76. The van der Waals surface area contributed by atoms with Crippen molar-refractivity contribution in [2.24, 2.45) is 12.5 Å². The molecule has 0 aliphatic heterocycles. The molecule has 2 nitrogen and oxygen atoms in total. The third-order valence-electron chi connectivity index (χ3n) is 2.66. The highest BCUT2D eigenvalue weighted by atomic mass is 16.1. The Morgan fingerprint density at radius 1 is 1.20 bits per heavy atom. The van der Waals surface area contributed by atoms with Gasteiger partial charge in [-0.3, -0.25) is 4.79 Å². The highest BCUT2D eigenvalue weighted by Crippen LogP contribution is 2.19. The summed E-state index contributed by atoms with van der Waals surface area (Å²) in [5.74, 6) is 0.188. The molecule has 82 valence electrons. The van der Waals surface area contributed by atoms with Crippen LogP contribution >= 0.6 is 0 Å². The molecule has 0 radical (unpaired) electrons. The van der Waals surface area contributed by atoms with Gasteiger partial charge in [0.2, 0.25) is 11.5 Å². The Labute approximate surface area is 91.9 Å². The molecule has 0 atom stereocenters. The lowest BCUT2D eigenvalue weighted by molar-refractivity contribution is -0.674. The number of Topliss-reactive ketones (excluding diaryl/α,β-unsaturated/α-hetero) is 1. The number of pyridine rings is 1. The van der Waals surface area contributed by atoms with Gasteiger partial charge in [-0.2, -0.15) is 4.57 Å². The average molecular weight is 206 g/mol. The summed E-state index contributed by atoms with van der Waals surface area (Å²) in [4.78, 5) is 12.1. The number of carbonyl (C=O) groups is 1. The van der Waals surface area contributed by atoms with Crippen LogP contribution < -0.4 is 4.57 Å². The predicted octanol–water partition coefficient (Wildman–Crippen LogP) is 2.36. The molecule has 1 rings (SSSR count). The molecule has 0 aromatic carbocycles. The minimum Gasteiger partial charge on any atom is -0.287 e. The summed E-state index contributed by atoms with van der Waals surface area (Å²) >= 11 is 0. The fourth-order valence-electron chi connectivity index (χ4n) is 1.49. The van der Waals surface area contributed by atoms with E-state index in [0.29, 0.717) is 0 Å². The molecule has 0 amide bonds.